The molecule has 0 unspecified atom stereocenters. The fraction of sp³-hybridized carbons (Fsp3) is 0.538. The standard InChI is InChI=1S/C13H23N2O3/c1-13(16,17)14-11-6-5-7-12(10-11)18-9-8-15(2,3)4/h5-7,10,14,16-17H,8-9H2,1-4H3/q+1. The molecule has 0 radical (unpaired) electrons. The third-order valence-corrected chi connectivity index (χ3v) is 2.25. The van der Waals surface area contributed by atoms with Gasteiger partial charge in [0.05, 0.1) is 21.1 Å². The molecule has 0 aliphatic carbocycles. The summed E-state index contributed by atoms with van der Waals surface area (Å²) in [5.74, 6) is -1.22. The van der Waals surface area contributed by atoms with E-state index in [1.165, 1.54) is 6.92 Å². The van der Waals surface area contributed by atoms with Gasteiger partial charge in [0.2, 0.25) is 5.91 Å². The highest BCUT2D eigenvalue weighted by Gasteiger charge is 2.14. The molecule has 0 atom stereocenters. The highest BCUT2D eigenvalue weighted by atomic mass is 16.5. The van der Waals surface area contributed by atoms with Crippen LogP contribution in [0.1, 0.15) is 6.92 Å². The lowest BCUT2D eigenvalue weighted by Gasteiger charge is -2.24. The topological polar surface area (TPSA) is 61.7 Å². The normalized spacial score (nSPS) is 12.3. The molecule has 102 valence electrons. The summed E-state index contributed by atoms with van der Waals surface area (Å²) < 4.78 is 6.45. The molecule has 0 bridgehead atoms. The molecule has 0 amide bonds. The lowest BCUT2D eigenvalue weighted by molar-refractivity contribution is -0.870. The molecule has 5 heteroatoms. The number of hydrogen-bond donors (Lipinski definition) is 3. The number of anilines is 1. The van der Waals surface area contributed by atoms with Crippen LogP contribution in [0, 0.1) is 0 Å². The molecule has 0 spiro atoms. The van der Waals surface area contributed by atoms with Crippen LogP contribution in [0.15, 0.2) is 24.3 Å². The highest BCUT2D eigenvalue weighted by molar-refractivity contribution is 5.48. The number of benzene rings is 1. The molecule has 0 aromatic heterocycles. The summed E-state index contributed by atoms with van der Waals surface area (Å²) in [4.78, 5) is 0. The predicted octanol–water partition coefficient (Wildman–Crippen LogP) is 0.842. The van der Waals surface area contributed by atoms with Crippen molar-refractivity contribution in [1.82, 2.24) is 0 Å². The number of hydrogen-bond acceptors (Lipinski definition) is 4. The van der Waals surface area contributed by atoms with E-state index in [-0.39, 0.29) is 0 Å². The van der Waals surface area contributed by atoms with E-state index in [4.69, 9.17) is 4.74 Å². The predicted molar refractivity (Wildman–Crippen MR) is 71.3 cm³/mol. The van der Waals surface area contributed by atoms with E-state index in [0.717, 1.165) is 11.0 Å². The Balaban J connectivity index is 2.55. The fourth-order valence-corrected chi connectivity index (χ4v) is 1.37. The summed E-state index contributed by atoms with van der Waals surface area (Å²) in [6, 6.07) is 7.13. The quantitative estimate of drug-likeness (QED) is 0.521. The first-order chi connectivity index (χ1) is 8.16. The largest absolute Gasteiger partial charge is 0.488 e. The van der Waals surface area contributed by atoms with Gasteiger partial charge in [-0.25, -0.2) is 0 Å². The van der Waals surface area contributed by atoms with Crippen LogP contribution in [0.4, 0.5) is 5.69 Å². The van der Waals surface area contributed by atoms with Crippen molar-refractivity contribution in [3.05, 3.63) is 24.3 Å². The Morgan fingerprint density at radius 1 is 1.28 bits per heavy atom. The summed E-state index contributed by atoms with van der Waals surface area (Å²) in [7, 11) is 6.30. The van der Waals surface area contributed by atoms with Gasteiger partial charge in [-0.2, -0.15) is 0 Å². The summed E-state index contributed by atoms with van der Waals surface area (Å²) in [5, 5.41) is 21.0. The molecule has 5 nitrogen and oxygen atoms in total. The Morgan fingerprint density at radius 3 is 2.50 bits per heavy atom. The van der Waals surface area contributed by atoms with Crippen molar-refractivity contribution in [2.75, 3.05) is 39.6 Å². The minimum atomic E-state index is -1.93. The molecule has 1 aromatic rings. The summed E-state index contributed by atoms with van der Waals surface area (Å²) in [6.45, 7) is 2.77. The van der Waals surface area contributed by atoms with Crippen molar-refractivity contribution in [1.29, 1.82) is 0 Å². The van der Waals surface area contributed by atoms with Crippen molar-refractivity contribution in [3.8, 4) is 5.75 Å². The number of nitrogens with one attached hydrogen (secondary N) is 1. The molecule has 0 saturated carbocycles. The van der Waals surface area contributed by atoms with Crippen LogP contribution >= 0.6 is 0 Å². The van der Waals surface area contributed by atoms with E-state index in [0.29, 0.717) is 18.0 Å². The van der Waals surface area contributed by atoms with Crippen LogP contribution in [0.5, 0.6) is 5.75 Å². The van der Waals surface area contributed by atoms with Crippen LogP contribution < -0.4 is 10.1 Å². The Hall–Kier alpha value is -1.30. The van der Waals surface area contributed by atoms with Crippen LogP contribution in [-0.2, 0) is 0 Å². The first-order valence-corrected chi connectivity index (χ1v) is 5.92. The molecule has 0 heterocycles. The Kier molecular flexibility index (Phi) is 4.56. The number of likely N-dealkylation sites (N-methyl/N-ethyl adjacent to an activating group) is 1. The van der Waals surface area contributed by atoms with E-state index in [1.807, 2.05) is 6.07 Å². The van der Waals surface area contributed by atoms with Crippen LogP contribution in [0.25, 0.3) is 0 Å². The summed E-state index contributed by atoms with van der Waals surface area (Å²) >= 11 is 0. The van der Waals surface area contributed by atoms with E-state index in [1.54, 1.807) is 18.2 Å². The fourth-order valence-electron chi connectivity index (χ4n) is 1.37. The average Bonchev–Trinajstić information content (AvgIpc) is 2.13. The maximum absolute atomic E-state index is 9.25. The van der Waals surface area contributed by atoms with Crippen molar-refractivity contribution < 1.29 is 19.4 Å². The van der Waals surface area contributed by atoms with Gasteiger partial charge in [0.1, 0.15) is 18.9 Å². The zero-order chi connectivity index (χ0) is 13.8. The van der Waals surface area contributed by atoms with Crippen LogP contribution in [0.3, 0.4) is 0 Å². The number of nitrogens with zero attached hydrogens (tertiary/aromatic N) is 1. The van der Waals surface area contributed by atoms with E-state index >= 15 is 0 Å². The molecule has 1 aromatic carbocycles. The summed E-state index contributed by atoms with van der Waals surface area (Å²) in [5.41, 5.74) is 0.602. The maximum atomic E-state index is 9.25. The zero-order valence-electron chi connectivity index (χ0n) is 11.5. The first-order valence-electron chi connectivity index (χ1n) is 5.92. The zero-order valence-corrected chi connectivity index (χ0v) is 11.5. The number of aliphatic hydroxyl groups is 2. The smallest absolute Gasteiger partial charge is 0.241 e. The molecule has 3 N–H and O–H groups in total. The van der Waals surface area contributed by atoms with Gasteiger partial charge in [-0.05, 0) is 12.1 Å². The lowest BCUT2D eigenvalue weighted by Crippen LogP contribution is -2.38. The van der Waals surface area contributed by atoms with E-state index in [2.05, 4.69) is 26.5 Å². The third kappa shape index (κ3) is 6.44. The second-order valence-corrected chi connectivity index (χ2v) is 5.54. The Bertz CT molecular complexity index is 381. The van der Waals surface area contributed by atoms with Crippen molar-refractivity contribution in [2.45, 2.75) is 12.8 Å². The number of rotatable bonds is 6. The van der Waals surface area contributed by atoms with Crippen molar-refractivity contribution in [2.24, 2.45) is 0 Å². The van der Waals surface area contributed by atoms with Gasteiger partial charge in [-0.1, -0.05) is 6.07 Å². The maximum Gasteiger partial charge on any atom is 0.241 e. The van der Waals surface area contributed by atoms with Gasteiger partial charge in [-0.3, -0.25) is 0 Å². The van der Waals surface area contributed by atoms with Gasteiger partial charge in [0.15, 0.2) is 0 Å². The molecule has 18 heavy (non-hydrogen) atoms. The van der Waals surface area contributed by atoms with Crippen molar-refractivity contribution in [3.63, 3.8) is 0 Å². The van der Waals surface area contributed by atoms with Crippen LogP contribution in [0.2, 0.25) is 0 Å². The lowest BCUT2D eigenvalue weighted by atomic mass is 10.3. The van der Waals surface area contributed by atoms with Gasteiger partial charge in [0.25, 0.3) is 0 Å². The monoisotopic (exact) mass is 255 g/mol. The molecule has 0 aliphatic heterocycles. The Labute approximate surface area is 108 Å². The number of ether oxygens (including phenoxy) is 1. The molecule has 1 rings (SSSR count). The van der Waals surface area contributed by atoms with Gasteiger partial charge in [-0.15, -0.1) is 0 Å². The molecular weight excluding hydrogens is 232 g/mol. The first kappa shape index (κ1) is 14.8. The van der Waals surface area contributed by atoms with Crippen LogP contribution in [-0.4, -0.2) is 54.9 Å². The highest BCUT2D eigenvalue weighted by Crippen LogP contribution is 2.19. The second-order valence-electron chi connectivity index (χ2n) is 5.54. The van der Waals surface area contributed by atoms with E-state index < -0.39 is 5.91 Å². The van der Waals surface area contributed by atoms with Crippen molar-refractivity contribution >= 4 is 5.69 Å². The SMILES string of the molecule is CC(O)(O)Nc1cccc(OCC[N+](C)(C)C)c1. The molecular formula is C13H23N2O3+. The minimum absolute atomic E-state index is 0.602. The third-order valence-electron chi connectivity index (χ3n) is 2.25. The van der Waals surface area contributed by atoms with Gasteiger partial charge in [0, 0.05) is 18.7 Å². The van der Waals surface area contributed by atoms with Gasteiger partial charge < -0.3 is 24.7 Å². The Morgan fingerprint density at radius 2 is 1.94 bits per heavy atom. The minimum Gasteiger partial charge on any atom is -0.488 e. The second kappa shape index (κ2) is 5.56. The molecule has 0 aliphatic rings. The van der Waals surface area contributed by atoms with E-state index in [9.17, 15) is 10.2 Å². The molecule has 0 fully saturated rings. The number of quaternary nitrogens is 1. The summed E-state index contributed by atoms with van der Waals surface area (Å²) in [6.07, 6.45) is 0. The molecule has 0 saturated heterocycles. The average molecular weight is 255 g/mol. The van der Waals surface area contributed by atoms with Gasteiger partial charge >= 0.3 is 0 Å².